The Labute approximate surface area is 197 Å². The fraction of sp³-hybridized carbons (Fsp3) is 0.222. The Morgan fingerprint density at radius 3 is 2.67 bits per heavy atom. The van der Waals surface area contributed by atoms with Crippen LogP contribution in [0.3, 0.4) is 0 Å². The summed E-state index contributed by atoms with van der Waals surface area (Å²) in [4.78, 5) is 20.4. The molecule has 166 valence electrons. The number of aromatic amines is 1. The van der Waals surface area contributed by atoms with Crippen LogP contribution in [0.1, 0.15) is 48.8 Å². The zero-order chi connectivity index (χ0) is 22.8. The molecule has 1 aliphatic carbocycles. The molecule has 2 heterocycles. The molecule has 3 aromatic rings. The summed E-state index contributed by atoms with van der Waals surface area (Å²) in [7, 11) is 0. The Bertz CT molecular complexity index is 1410. The van der Waals surface area contributed by atoms with Crippen LogP contribution in [0.2, 0.25) is 0 Å². The maximum absolute atomic E-state index is 12.9. The van der Waals surface area contributed by atoms with Gasteiger partial charge < -0.3 is 5.11 Å². The van der Waals surface area contributed by atoms with Crippen molar-refractivity contribution in [3.8, 4) is 5.88 Å². The number of benzene rings is 2. The minimum Gasteiger partial charge on any atom is -0.494 e. The third-order valence-corrected chi connectivity index (χ3v) is 6.59. The fourth-order valence-corrected chi connectivity index (χ4v) is 4.78. The SMILES string of the molecule is O=c1[nH]c(=S)n(CCC2=CCCCC2)c(O)c1/C=C1/C(c2ccccc2)=Nc2ccccc21. The van der Waals surface area contributed by atoms with Crippen LogP contribution in [-0.2, 0) is 6.54 Å². The quantitative estimate of drug-likeness (QED) is 0.357. The number of hydrogen-bond acceptors (Lipinski definition) is 4. The molecule has 6 heteroatoms. The van der Waals surface area contributed by atoms with Gasteiger partial charge in [-0.2, -0.15) is 0 Å². The zero-order valence-electron chi connectivity index (χ0n) is 18.3. The van der Waals surface area contributed by atoms with E-state index < -0.39 is 5.56 Å². The summed E-state index contributed by atoms with van der Waals surface area (Å²) >= 11 is 5.38. The van der Waals surface area contributed by atoms with Crippen LogP contribution in [0.15, 0.2) is 76.0 Å². The average molecular weight is 456 g/mol. The summed E-state index contributed by atoms with van der Waals surface area (Å²) in [6.07, 6.45) is 9.46. The van der Waals surface area contributed by atoms with Gasteiger partial charge in [0.1, 0.15) is 5.56 Å². The van der Waals surface area contributed by atoms with Crippen LogP contribution in [0, 0.1) is 4.77 Å². The highest BCUT2D eigenvalue weighted by molar-refractivity contribution is 7.71. The van der Waals surface area contributed by atoms with Gasteiger partial charge in [0.2, 0.25) is 5.88 Å². The number of hydrogen-bond donors (Lipinski definition) is 2. The number of aromatic hydroxyl groups is 1. The van der Waals surface area contributed by atoms with Crippen molar-refractivity contribution in [2.75, 3.05) is 0 Å². The molecule has 0 unspecified atom stereocenters. The summed E-state index contributed by atoms with van der Waals surface area (Å²) < 4.78 is 1.86. The lowest BCUT2D eigenvalue weighted by Crippen LogP contribution is -2.17. The molecule has 2 aliphatic rings. The molecule has 5 rings (SSSR count). The Balaban J connectivity index is 1.59. The first-order valence-electron chi connectivity index (χ1n) is 11.3. The lowest BCUT2D eigenvalue weighted by molar-refractivity contribution is 0.401. The second kappa shape index (κ2) is 9.16. The normalized spacial score (nSPS) is 16.4. The second-order valence-electron chi connectivity index (χ2n) is 8.41. The maximum atomic E-state index is 12.9. The van der Waals surface area contributed by atoms with Crippen LogP contribution in [0.5, 0.6) is 5.88 Å². The van der Waals surface area contributed by atoms with Crippen LogP contribution >= 0.6 is 12.2 Å². The topological polar surface area (TPSA) is 70.4 Å². The van der Waals surface area contributed by atoms with Gasteiger partial charge in [0.05, 0.1) is 11.4 Å². The molecule has 0 fully saturated rings. The highest BCUT2D eigenvalue weighted by Crippen LogP contribution is 2.38. The van der Waals surface area contributed by atoms with Crippen molar-refractivity contribution in [2.45, 2.75) is 38.6 Å². The molecule has 0 atom stereocenters. The van der Waals surface area contributed by atoms with E-state index >= 15 is 0 Å². The van der Waals surface area contributed by atoms with E-state index in [2.05, 4.69) is 11.1 Å². The van der Waals surface area contributed by atoms with Crippen LogP contribution < -0.4 is 5.56 Å². The van der Waals surface area contributed by atoms with Crippen LogP contribution in [0.4, 0.5) is 5.69 Å². The number of nitrogens with zero attached hydrogens (tertiary/aromatic N) is 2. The number of para-hydroxylation sites is 1. The molecule has 0 amide bonds. The number of allylic oxidation sites excluding steroid dienone is 3. The lowest BCUT2D eigenvalue weighted by Gasteiger charge is -2.16. The van der Waals surface area contributed by atoms with Gasteiger partial charge in [0.15, 0.2) is 4.77 Å². The van der Waals surface area contributed by atoms with Crippen molar-refractivity contribution in [3.05, 3.63) is 98.1 Å². The third-order valence-electron chi connectivity index (χ3n) is 6.27. The Morgan fingerprint density at radius 1 is 1.09 bits per heavy atom. The highest BCUT2D eigenvalue weighted by atomic mass is 32.1. The van der Waals surface area contributed by atoms with Crippen LogP contribution in [-0.4, -0.2) is 20.4 Å². The molecule has 0 radical (unpaired) electrons. The van der Waals surface area contributed by atoms with Gasteiger partial charge in [0, 0.05) is 23.2 Å². The third kappa shape index (κ3) is 4.26. The summed E-state index contributed by atoms with van der Waals surface area (Å²) in [6.45, 7) is 0.527. The van der Waals surface area contributed by atoms with E-state index in [0.29, 0.717) is 6.54 Å². The molecule has 0 spiro atoms. The number of H-pyrrole nitrogens is 1. The largest absolute Gasteiger partial charge is 0.494 e. The smallest absolute Gasteiger partial charge is 0.262 e. The Hall–Kier alpha value is -3.51. The Kier molecular flexibility index (Phi) is 5.92. The summed E-state index contributed by atoms with van der Waals surface area (Å²) in [5.74, 6) is -0.107. The predicted octanol–water partition coefficient (Wildman–Crippen LogP) is 6.18. The van der Waals surface area contributed by atoms with E-state index in [9.17, 15) is 9.90 Å². The van der Waals surface area contributed by atoms with Gasteiger partial charge in [-0.25, -0.2) is 4.99 Å². The summed E-state index contributed by atoms with van der Waals surface area (Å²) in [6, 6.07) is 17.7. The molecule has 0 saturated carbocycles. The first-order valence-corrected chi connectivity index (χ1v) is 11.7. The number of rotatable bonds is 5. The zero-order valence-corrected chi connectivity index (χ0v) is 19.1. The second-order valence-corrected chi connectivity index (χ2v) is 8.79. The fourth-order valence-electron chi connectivity index (χ4n) is 4.51. The molecular weight excluding hydrogens is 430 g/mol. The molecule has 1 aliphatic heterocycles. The van der Waals surface area contributed by atoms with Crippen molar-refractivity contribution in [1.29, 1.82) is 0 Å². The molecule has 2 aromatic carbocycles. The van der Waals surface area contributed by atoms with Crippen molar-refractivity contribution >= 4 is 35.3 Å². The number of aromatic nitrogens is 2. The van der Waals surface area contributed by atoms with E-state index in [1.54, 1.807) is 10.6 Å². The van der Waals surface area contributed by atoms with Crippen molar-refractivity contribution < 1.29 is 5.11 Å². The minimum absolute atomic E-state index is 0.107. The van der Waals surface area contributed by atoms with Crippen molar-refractivity contribution in [1.82, 2.24) is 9.55 Å². The minimum atomic E-state index is -0.407. The van der Waals surface area contributed by atoms with Crippen molar-refractivity contribution in [2.24, 2.45) is 4.99 Å². The maximum Gasteiger partial charge on any atom is 0.262 e. The highest BCUT2D eigenvalue weighted by Gasteiger charge is 2.23. The summed E-state index contributed by atoms with van der Waals surface area (Å²) in [5.41, 5.74) is 5.47. The number of aliphatic imine (C=N–C) groups is 1. The molecule has 5 nitrogen and oxygen atoms in total. The molecule has 0 bridgehead atoms. The number of fused-ring (bicyclic) bond motifs is 1. The van der Waals surface area contributed by atoms with Gasteiger partial charge in [-0.1, -0.05) is 60.2 Å². The lowest BCUT2D eigenvalue weighted by atomic mass is 9.96. The van der Waals surface area contributed by atoms with Crippen molar-refractivity contribution in [3.63, 3.8) is 0 Å². The number of nitrogens with one attached hydrogen (secondary N) is 1. The molecule has 33 heavy (non-hydrogen) atoms. The van der Waals surface area contributed by atoms with Gasteiger partial charge >= 0.3 is 0 Å². The predicted molar refractivity (Wildman–Crippen MR) is 136 cm³/mol. The molecule has 1 aromatic heterocycles. The molecular formula is C27H25N3O2S. The Morgan fingerprint density at radius 2 is 1.88 bits per heavy atom. The van der Waals surface area contributed by atoms with E-state index in [4.69, 9.17) is 17.2 Å². The van der Waals surface area contributed by atoms with Gasteiger partial charge in [-0.05, 0) is 56.5 Å². The van der Waals surface area contributed by atoms with E-state index in [-0.39, 0.29) is 16.2 Å². The molecule has 0 saturated heterocycles. The van der Waals surface area contributed by atoms with Crippen LogP contribution in [0.25, 0.3) is 11.6 Å². The molecule has 2 N–H and O–H groups in total. The van der Waals surface area contributed by atoms with E-state index in [1.807, 2.05) is 54.6 Å². The average Bonchev–Trinajstić information content (AvgIpc) is 3.21. The standard InChI is InChI=1S/C27H25N3O2S/c31-25-22(26(32)30(27(33)29-25)16-15-18-9-3-1-4-10-18)17-21-20-13-7-8-14-23(20)28-24(21)19-11-5-2-6-12-19/h2,5-9,11-14,17,32H,1,3-4,10,15-16H2,(H,29,31,33)/b21-17+. The van der Waals surface area contributed by atoms with Gasteiger partial charge in [0.25, 0.3) is 5.56 Å². The summed E-state index contributed by atoms with van der Waals surface area (Å²) in [5, 5.41) is 11.1. The van der Waals surface area contributed by atoms with Gasteiger partial charge in [-0.15, -0.1) is 0 Å². The van der Waals surface area contributed by atoms with E-state index in [1.165, 1.54) is 18.4 Å². The van der Waals surface area contributed by atoms with Gasteiger partial charge in [-0.3, -0.25) is 14.3 Å². The first-order chi connectivity index (χ1) is 16.1. The van der Waals surface area contributed by atoms with E-state index in [0.717, 1.165) is 47.4 Å². The first kappa shape index (κ1) is 21.3. The monoisotopic (exact) mass is 455 g/mol.